The Morgan fingerprint density at radius 2 is 1.77 bits per heavy atom. The van der Waals surface area contributed by atoms with Gasteiger partial charge in [-0.05, 0) is 99.9 Å². The third-order valence-electron chi connectivity index (χ3n) is 11.7. The number of nitrogens with zero attached hydrogens (tertiary/aromatic N) is 7. The van der Waals surface area contributed by atoms with Gasteiger partial charge >= 0.3 is 0 Å². The molecule has 3 saturated heterocycles. The zero-order valence-electron chi connectivity index (χ0n) is 32.6. The predicted molar refractivity (Wildman–Crippen MR) is 217 cm³/mol. The lowest BCUT2D eigenvalue weighted by Gasteiger charge is -2.38. The van der Waals surface area contributed by atoms with Gasteiger partial charge in [-0.25, -0.2) is 14.4 Å². The SMILES string of the molecule is Cc1ncn(Cc2cnn(C3CCN(CC4CCN(c5ccc(NC6CCC(=O)NC6=O)cc5)CC4)CC3)c2)c1-c1cnc(N)c(O[C@H](C)c2cccc(F)c2)c1. The molecule has 3 fully saturated rings. The summed E-state index contributed by atoms with van der Waals surface area (Å²) in [5, 5.41) is 10.5. The van der Waals surface area contributed by atoms with E-state index in [-0.39, 0.29) is 29.5 Å². The zero-order valence-corrected chi connectivity index (χ0v) is 32.6. The molecule has 3 aromatic heterocycles. The molecular formula is C43H51FN10O3. The number of benzene rings is 2. The minimum atomic E-state index is -0.419. The van der Waals surface area contributed by atoms with Crippen molar-refractivity contribution in [3.05, 3.63) is 102 Å². The summed E-state index contributed by atoms with van der Waals surface area (Å²) in [6.07, 6.45) is 12.7. The van der Waals surface area contributed by atoms with Crippen LogP contribution < -0.4 is 26.0 Å². The van der Waals surface area contributed by atoms with Gasteiger partial charge in [-0.1, -0.05) is 12.1 Å². The molecule has 4 N–H and O–H groups in total. The van der Waals surface area contributed by atoms with Gasteiger partial charge in [-0.15, -0.1) is 0 Å². The summed E-state index contributed by atoms with van der Waals surface area (Å²) in [6.45, 7) is 9.79. The summed E-state index contributed by atoms with van der Waals surface area (Å²) in [5.74, 6) is 0.621. The number of rotatable bonds is 12. The molecule has 2 amide bonds. The highest BCUT2D eigenvalue weighted by Gasteiger charge is 2.28. The fourth-order valence-corrected chi connectivity index (χ4v) is 8.44. The maximum atomic E-state index is 13.9. The van der Waals surface area contributed by atoms with Crippen LogP contribution in [-0.2, 0) is 16.1 Å². The minimum absolute atomic E-state index is 0.202. The van der Waals surface area contributed by atoms with Crippen LogP contribution in [-0.4, -0.2) is 79.8 Å². The van der Waals surface area contributed by atoms with Crippen LogP contribution in [0, 0.1) is 18.7 Å². The number of halogens is 1. The van der Waals surface area contributed by atoms with E-state index in [1.54, 1.807) is 12.3 Å². The Morgan fingerprint density at radius 1 is 0.982 bits per heavy atom. The quantitative estimate of drug-likeness (QED) is 0.127. The number of carbonyl (C=O) groups is 2. The van der Waals surface area contributed by atoms with E-state index in [1.165, 1.54) is 30.7 Å². The molecule has 5 aromatic rings. The van der Waals surface area contributed by atoms with Crippen molar-refractivity contribution in [1.82, 2.24) is 34.5 Å². The highest BCUT2D eigenvalue weighted by molar-refractivity contribution is 6.01. The third-order valence-corrected chi connectivity index (χ3v) is 11.7. The Bertz CT molecular complexity index is 2190. The maximum Gasteiger partial charge on any atom is 0.249 e. The number of nitrogen functional groups attached to an aromatic ring is 1. The monoisotopic (exact) mass is 774 g/mol. The van der Waals surface area contributed by atoms with Gasteiger partial charge < -0.3 is 30.2 Å². The van der Waals surface area contributed by atoms with Gasteiger partial charge in [0.15, 0.2) is 11.6 Å². The summed E-state index contributed by atoms with van der Waals surface area (Å²) in [6, 6.07) is 16.5. The molecule has 2 atom stereocenters. The molecule has 0 spiro atoms. The number of amides is 2. The Labute approximate surface area is 332 Å². The summed E-state index contributed by atoms with van der Waals surface area (Å²) in [4.78, 5) is 37.7. The summed E-state index contributed by atoms with van der Waals surface area (Å²) in [7, 11) is 0. The molecule has 0 saturated carbocycles. The fraction of sp³-hybridized carbons (Fsp3) is 0.419. The Morgan fingerprint density at radius 3 is 2.53 bits per heavy atom. The van der Waals surface area contributed by atoms with Gasteiger partial charge in [0.1, 0.15) is 18.0 Å². The second kappa shape index (κ2) is 16.8. The predicted octanol–water partition coefficient (Wildman–Crippen LogP) is 6.13. The minimum Gasteiger partial charge on any atom is -0.482 e. The van der Waals surface area contributed by atoms with Crippen LogP contribution in [0.2, 0.25) is 0 Å². The van der Waals surface area contributed by atoms with Crippen molar-refractivity contribution < 1.29 is 18.7 Å². The molecule has 13 nitrogen and oxygen atoms in total. The number of nitrogens with one attached hydrogen (secondary N) is 2. The average molecular weight is 775 g/mol. The normalized spacial score (nSPS) is 19.1. The van der Waals surface area contributed by atoms with Gasteiger partial charge in [-0.3, -0.25) is 19.6 Å². The number of likely N-dealkylation sites (tertiary alicyclic amines) is 1. The molecular weight excluding hydrogens is 724 g/mol. The van der Waals surface area contributed by atoms with E-state index >= 15 is 0 Å². The van der Waals surface area contributed by atoms with E-state index in [2.05, 4.69) is 58.0 Å². The van der Waals surface area contributed by atoms with E-state index < -0.39 is 6.10 Å². The molecule has 6 heterocycles. The molecule has 3 aliphatic heterocycles. The van der Waals surface area contributed by atoms with E-state index in [9.17, 15) is 14.0 Å². The van der Waals surface area contributed by atoms with E-state index in [0.29, 0.717) is 42.7 Å². The summed E-state index contributed by atoms with van der Waals surface area (Å²) < 4.78 is 24.3. The Kier molecular flexibility index (Phi) is 11.2. The van der Waals surface area contributed by atoms with Crippen LogP contribution >= 0.6 is 0 Å². The zero-order chi connectivity index (χ0) is 39.5. The molecule has 0 bridgehead atoms. The maximum absolute atomic E-state index is 13.9. The van der Waals surface area contributed by atoms with Crippen molar-refractivity contribution in [2.75, 3.05) is 48.7 Å². The lowest BCUT2D eigenvalue weighted by molar-refractivity contribution is -0.133. The van der Waals surface area contributed by atoms with Crippen molar-refractivity contribution in [3.8, 4) is 17.0 Å². The van der Waals surface area contributed by atoms with Gasteiger partial charge in [0, 0.05) is 74.0 Å². The first kappa shape index (κ1) is 38.1. The number of anilines is 3. The highest BCUT2D eigenvalue weighted by atomic mass is 19.1. The molecule has 3 aliphatic rings. The number of imidazole rings is 1. The second-order valence-corrected chi connectivity index (χ2v) is 15.7. The number of hydrogen-bond acceptors (Lipinski definition) is 10. The van der Waals surface area contributed by atoms with Crippen molar-refractivity contribution in [1.29, 1.82) is 0 Å². The number of piperidine rings is 3. The smallest absolute Gasteiger partial charge is 0.249 e. The lowest BCUT2D eigenvalue weighted by Crippen LogP contribution is -2.47. The number of hydrogen-bond donors (Lipinski definition) is 3. The van der Waals surface area contributed by atoms with Crippen LogP contribution in [0.3, 0.4) is 0 Å². The van der Waals surface area contributed by atoms with E-state index in [0.717, 1.165) is 73.8 Å². The summed E-state index contributed by atoms with van der Waals surface area (Å²) >= 11 is 0. The lowest BCUT2D eigenvalue weighted by atomic mass is 9.94. The first-order valence-electron chi connectivity index (χ1n) is 20.1. The van der Waals surface area contributed by atoms with Crippen LogP contribution in [0.5, 0.6) is 5.75 Å². The molecule has 57 heavy (non-hydrogen) atoms. The van der Waals surface area contributed by atoms with Crippen molar-refractivity contribution in [3.63, 3.8) is 0 Å². The van der Waals surface area contributed by atoms with Crippen molar-refractivity contribution in [2.24, 2.45) is 5.92 Å². The largest absolute Gasteiger partial charge is 0.482 e. The number of aryl methyl sites for hydroxylation is 1. The van der Waals surface area contributed by atoms with Crippen LogP contribution in [0.4, 0.5) is 21.6 Å². The highest BCUT2D eigenvalue weighted by Crippen LogP contribution is 2.33. The molecule has 14 heteroatoms. The number of nitrogens with two attached hydrogens (primary N) is 1. The molecule has 2 aromatic carbocycles. The van der Waals surface area contributed by atoms with E-state index in [4.69, 9.17) is 15.6 Å². The first-order chi connectivity index (χ1) is 27.6. The Hall–Kier alpha value is -5.76. The number of pyridine rings is 1. The molecule has 1 unspecified atom stereocenters. The third kappa shape index (κ3) is 8.96. The average Bonchev–Trinajstić information content (AvgIpc) is 3.84. The first-order valence-corrected chi connectivity index (χ1v) is 20.1. The molecule has 8 rings (SSSR count). The number of carbonyl (C=O) groups excluding carboxylic acids is 2. The van der Waals surface area contributed by atoms with Crippen LogP contribution in [0.25, 0.3) is 11.3 Å². The van der Waals surface area contributed by atoms with Gasteiger partial charge in [0.05, 0.1) is 36.5 Å². The van der Waals surface area contributed by atoms with Gasteiger partial charge in [0.2, 0.25) is 11.8 Å². The van der Waals surface area contributed by atoms with Gasteiger partial charge in [-0.2, -0.15) is 5.10 Å². The van der Waals surface area contributed by atoms with E-state index in [1.807, 2.05) is 50.6 Å². The number of ether oxygens (including phenoxy) is 1. The summed E-state index contributed by atoms with van der Waals surface area (Å²) in [5.41, 5.74) is 12.8. The fourth-order valence-electron chi connectivity index (χ4n) is 8.44. The number of imide groups is 1. The van der Waals surface area contributed by atoms with Crippen LogP contribution in [0.1, 0.15) is 74.4 Å². The molecule has 298 valence electrons. The van der Waals surface area contributed by atoms with Crippen LogP contribution in [0.15, 0.2) is 79.5 Å². The Balaban J connectivity index is 0.807. The van der Waals surface area contributed by atoms with Crippen molar-refractivity contribution >= 4 is 29.0 Å². The van der Waals surface area contributed by atoms with Gasteiger partial charge in [0.25, 0.3) is 0 Å². The molecule has 0 radical (unpaired) electrons. The standard InChI is InChI=1S/C43H51FN10O3/c1-28-41(33-21-39(42(45)46-23-33)57-29(2)32-4-3-5-34(44)20-32)53(27-47-28)25-31-22-48-54(26-31)37-14-16-51(17-15-37)24-30-12-18-52(19-13-30)36-8-6-35(7-9-36)49-38-10-11-40(55)50-43(38)56/h3-9,20-23,26-27,29-30,37-38,49H,10-19,24-25H2,1-2H3,(H2,45,46)(H,50,55,56)/t29-,38?/m1/s1. The second-order valence-electron chi connectivity index (χ2n) is 15.7. The molecule has 0 aliphatic carbocycles. The van der Waals surface area contributed by atoms with Crippen molar-refractivity contribution in [2.45, 2.75) is 77.1 Å². The topological polar surface area (TPSA) is 148 Å². The number of aromatic nitrogens is 5.